The van der Waals surface area contributed by atoms with Crippen molar-refractivity contribution in [3.63, 3.8) is 0 Å². The number of hydrogen-bond donors (Lipinski definition) is 2. The number of thioether (sulfide) groups is 1. The van der Waals surface area contributed by atoms with E-state index in [1.807, 2.05) is 54.6 Å². The number of amidine groups is 1. The Hall–Kier alpha value is -3.84. The van der Waals surface area contributed by atoms with E-state index in [0.717, 1.165) is 22.4 Å². The summed E-state index contributed by atoms with van der Waals surface area (Å²) in [4.78, 5) is 28.1. The molecule has 0 aliphatic carbocycles. The Labute approximate surface area is 189 Å². The number of methoxy groups -OCH3 is 1. The van der Waals surface area contributed by atoms with Crippen LogP contribution in [0.5, 0.6) is 5.75 Å². The first-order valence-electron chi connectivity index (χ1n) is 9.85. The minimum atomic E-state index is -0.881. The summed E-state index contributed by atoms with van der Waals surface area (Å²) < 4.78 is 5.43. The van der Waals surface area contributed by atoms with E-state index < -0.39 is 5.97 Å². The van der Waals surface area contributed by atoms with E-state index in [0.29, 0.717) is 21.3 Å². The van der Waals surface area contributed by atoms with Gasteiger partial charge in [-0.15, -0.1) is 0 Å². The van der Waals surface area contributed by atoms with Crippen molar-refractivity contribution in [2.24, 2.45) is 4.99 Å². The fourth-order valence-electron chi connectivity index (χ4n) is 3.25. The summed E-state index contributed by atoms with van der Waals surface area (Å²) in [5.41, 5.74) is 4.28. The van der Waals surface area contributed by atoms with Gasteiger partial charge in [0.15, 0.2) is 5.17 Å². The Morgan fingerprint density at radius 3 is 2.47 bits per heavy atom. The molecule has 160 valence electrons. The number of aliphatic imine (C=N–C) groups is 1. The van der Waals surface area contributed by atoms with E-state index in [1.165, 1.54) is 11.8 Å². The van der Waals surface area contributed by atoms with Gasteiger partial charge in [-0.2, -0.15) is 0 Å². The zero-order valence-corrected chi connectivity index (χ0v) is 18.1. The Balaban J connectivity index is 1.48. The Morgan fingerprint density at radius 1 is 1.06 bits per heavy atom. The average Bonchev–Trinajstić information content (AvgIpc) is 3.13. The van der Waals surface area contributed by atoms with Crippen molar-refractivity contribution in [1.29, 1.82) is 0 Å². The van der Waals surface area contributed by atoms with E-state index in [1.54, 1.807) is 31.4 Å². The quantitative estimate of drug-likeness (QED) is 0.529. The van der Waals surface area contributed by atoms with Crippen LogP contribution in [0.25, 0.3) is 17.2 Å². The van der Waals surface area contributed by atoms with Crippen LogP contribution in [-0.2, 0) is 16.0 Å². The molecule has 32 heavy (non-hydrogen) atoms. The van der Waals surface area contributed by atoms with E-state index >= 15 is 0 Å². The van der Waals surface area contributed by atoms with Gasteiger partial charge in [0.05, 0.1) is 24.1 Å². The van der Waals surface area contributed by atoms with Crippen LogP contribution in [0.15, 0.2) is 82.7 Å². The van der Waals surface area contributed by atoms with Crippen LogP contribution in [0.1, 0.15) is 11.1 Å². The van der Waals surface area contributed by atoms with Crippen LogP contribution >= 0.6 is 11.8 Å². The summed E-state index contributed by atoms with van der Waals surface area (Å²) in [5, 5.41) is 12.1. The minimum Gasteiger partial charge on any atom is -0.496 e. The van der Waals surface area contributed by atoms with Gasteiger partial charge in [-0.25, -0.2) is 4.99 Å². The number of para-hydroxylation sites is 1. The zero-order chi connectivity index (χ0) is 22.5. The second-order valence-electron chi connectivity index (χ2n) is 7.04. The first-order valence-corrected chi connectivity index (χ1v) is 10.7. The average molecular weight is 445 g/mol. The molecule has 0 unspecified atom stereocenters. The monoisotopic (exact) mass is 444 g/mol. The molecule has 1 aliphatic heterocycles. The van der Waals surface area contributed by atoms with Gasteiger partial charge in [-0.3, -0.25) is 9.59 Å². The van der Waals surface area contributed by atoms with Crippen molar-refractivity contribution >= 4 is 40.6 Å². The van der Waals surface area contributed by atoms with Crippen LogP contribution in [-0.4, -0.2) is 29.3 Å². The highest BCUT2D eigenvalue weighted by Gasteiger charge is 2.23. The first kappa shape index (κ1) is 21.4. The van der Waals surface area contributed by atoms with Gasteiger partial charge in [-0.05, 0) is 52.7 Å². The number of amides is 1. The molecule has 2 N–H and O–H groups in total. The standard InChI is InChI=1S/C25H20N2O4S/c1-31-21-5-3-2-4-20(21)18-10-6-16(7-11-18)14-22-24(30)27-25(32-22)26-19-12-8-17(9-13-19)15-23(28)29/h2-14H,15H2,1H3,(H,28,29)(H,26,27,30). The number of carboxylic acids is 1. The summed E-state index contributed by atoms with van der Waals surface area (Å²) in [6.07, 6.45) is 1.79. The number of benzene rings is 3. The van der Waals surface area contributed by atoms with Gasteiger partial charge in [0, 0.05) is 5.56 Å². The van der Waals surface area contributed by atoms with Crippen LogP contribution in [0, 0.1) is 0 Å². The van der Waals surface area contributed by atoms with Crippen molar-refractivity contribution in [2.75, 3.05) is 7.11 Å². The lowest BCUT2D eigenvalue weighted by molar-refractivity contribution is -0.136. The van der Waals surface area contributed by atoms with Crippen LogP contribution in [0.4, 0.5) is 5.69 Å². The molecule has 1 aliphatic rings. The van der Waals surface area contributed by atoms with Gasteiger partial charge in [0.1, 0.15) is 5.75 Å². The lowest BCUT2D eigenvalue weighted by Crippen LogP contribution is -2.19. The molecule has 1 saturated heterocycles. The maximum absolute atomic E-state index is 12.4. The molecule has 0 aromatic heterocycles. The number of carbonyl (C=O) groups excluding carboxylic acids is 1. The Kier molecular flexibility index (Phi) is 6.37. The molecule has 0 radical (unpaired) electrons. The maximum atomic E-state index is 12.4. The van der Waals surface area contributed by atoms with Crippen molar-refractivity contribution in [2.45, 2.75) is 6.42 Å². The Morgan fingerprint density at radius 2 is 1.78 bits per heavy atom. The number of carboxylic acid groups (broad SMARTS) is 1. The highest BCUT2D eigenvalue weighted by Crippen LogP contribution is 2.31. The summed E-state index contributed by atoms with van der Waals surface area (Å²) in [7, 11) is 1.65. The number of carbonyl (C=O) groups is 2. The normalized spacial score (nSPS) is 15.7. The molecule has 7 heteroatoms. The summed E-state index contributed by atoms with van der Waals surface area (Å²) in [6, 6.07) is 22.6. The number of nitrogens with one attached hydrogen (secondary N) is 1. The van der Waals surface area contributed by atoms with E-state index in [-0.39, 0.29) is 12.3 Å². The number of aliphatic carboxylic acids is 1. The van der Waals surface area contributed by atoms with E-state index in [2.05, 4.69) is 10.3 Å². The van der Waals surface area contributed by atoms with Crippen molar-refractivity contribution in [3.8, 4) is 16.9 Å². The zero-order valence-electron chi connectivity index (χ0n) is 17.2. The minimum absolute atomic E-state index is 0.0366. The highest BCUT2D eigenvalue weighted by atomic mass is 32.2. The third-order valence-electron chi connectivity index (χ3n) is 4.80. The second-order valence-corrected chi connectivity index (χ2v) is 8.07. The van der Waals surface area contributed by atoms with Crippen LogP contribution in [0.2, 0.25) is 0 Å². The van der Waals surface area contributed by atoms with Crippen molar-refractivity contribution in [3.05, 3.63) is 88.8 Å². The highest BCUT2D eigenvalue weighted by molar-refractivity contribution is 8.18. The van der Waals surface area contributed by atoms with Gasteiger partial charge >= 0.3 is 5.97 Å². The van der Waals surface area contributed by atoms with Gasteiger partial charge in [0.2, 0.25) is 0 Å². The second kappa shape index (κ2) is 9.53. The molecule has 6 nitrogen and oxygen atoms in total. The van der Waals surface area contributed by atoms with Crippen LogP contribution in [0.3, 0.4) is 0 Å². The van der Waals surface area contributed by atoms with Crippen molar-refractivity contribution < 1.29 is 19.4 Å². The summed E-state index contributed by atoms with van der Waals surface area (Å²) in [5.74, 6) is -0.278. The molecule has 0 atom stereocenters. The molecule has 3 aromatic rings. The van der Waals surface area contributed by atoms with Crippen molar-refractivity contribution in [1.82, 2.24) is 5.32 Å². The number of ether oxygens (including phenoxy) is 1. The summed E-state index contributed by atoms with van der Waals surface area (Å²) >= 11 is 1.27. The molecule has 4 rings (SSSR count). The Bertz CT molecular complexity index is 1220. The fraction of sp³-hybridized carbons (Fsp3) is 0.0800. The van der Waals surface area contributed by atoms with Gasteiger partial charge < -0.3 is 15.2 Å². The van der Waals surface area contributed by atoms with Gasteiger partial charge in [0.25, 0.3) is 5.91 Å². The van der Waals surface area contributed by atoms with E-state index in [4.69, 9.17) is 9.84 Å². The summed E-state index contributed by atoms with van der Waals surface area (Å²) in [6.45, 7) is 0. The van der Waals surface area contributed by atoms with Gasteiger partial charge in [-0.1, -0.05) is 54.6 Å². The third-order valence-corrected chi connectivity index (χ3v) is 5.71. The predicted octanol–water partition coefficient (Wildman–Crippen LogP) is 4.88. The third kappa shape index (κ3) is 5.07. The van der Waals surface area contributed by atoms with E-state index in [9.17, 15) is 9.59 Å². The molecule has 1 heterocycles. The molecule has 0 saturated carbocycles. The topological polar surface area (TPSA) is 88.0 Å². The number of hydrogen-bond acceptors (Lipinski definition) is 5. The number of rotatable bonds is 6. The number of nitrogens with zero attached hydrogens (tertiary/aromatic N) is 1. The fourth-order valence-corrected chi connectivity index (χ4v) is 4.10. The SMILES string of the molecule is COc1ccccc1-c1ccc(C=C2SC(=Nc3ccc(CC(=O)O)cc3)NC2=O)cc1. The molecule has 3 aromatic carbocycles. The van der Waals surface area contributed by atoms with Crippen LogP contribution < -0.4 is 10.1 Å². The predicted molar refractivity (Wildman–Crippen MR) is 127 cm³/mol. The largest absolute Gasteiger partial charge is 0.496 e. The molecule has 0 spiro atoms. The smallest absolute Gasteiger partial charge is 0.307 e. The molecular formula is C25H20N2O4S. The first-order chi connectivity index (χ1) is 15.5. The maximum Gasteiger partial charge on any atom is 0.307 e. The molecule has 1 fully saturated rings. The lowest BCUT2D eigenvalue weighted by atomic mass is 10.0. The molecule has 0 bridgehead atoms. The lowest BCUT2D eigenvalue weighted by Gasteiger charge is -2.08. The molecule has 1 amide bonds. The molecular weight excluding hydrogens is 424 g/mol.